The molecule has 1 amide bonds. The molecule has 1 aliphatic heterocycles. The largest absolute Gasteiger partial charge is 0.480 e. The number of halogens is 1. The highest BCUT2D eigenvalue weighted by atomic mass is 35.5. The van der Waals surface area contributed by atoms with Crippen LogP contribution in [-0.2, 0) is 9.53 Å². The molecule has 0 bridgehead atoms. The summed E-state index contributed by atoms with van der Waals surface area (Å²) < 4.78 is 5.32. The Labute approximate surface area is 162 Å². The Morgan fingerprint density at radius 3 is 2.50 bits per heavy atom. The first-order valence-electron chi connectivity index (χ1n) is 8.80. The van der Waals surface area contributed by atoms with Gasteiger partial charge in [-0.15, -0.1) is 22.6 Å². The van der Waals surface area contributed by atoms with Crippen LogP contribution in [0.2, 0.25) is 0 Å². The number of carboxylic acid groups (broad SMARTS) is 1. The van der Waals surface area contributed by atoms with Crippen LogP contribution in [0.15, 0.2) is 0 Å². The van der Waals surface area contributed by atoms with E-state index in [2.05, 4.69) is 20.8 Å². The molecule has 2 heterocycles. The molecule has 2 aliphatic rings. The zero-order chi connectivity index (χ0) is 17.6. The number of amides is 1. The summed E-state index contributed by atoms with van der Waals surface area (Å²) in [5.74, 6) is -0.703. The molecule has 0 radical (unpaired) electrons. The number of carbonyl (C=O) groups is 2. The lowest BCUT2D eigenvalue weighted by atomic mass is 9.93. The number of hydrogen-bond donors (Lipinski definition) is 3. The molecule has 3 N–H and O–H groups in total. The van der Waals surface area contributed by atoms with Gasteiger partial charge in [0.25, 0.3) is 5.91 Å². The summed E-state index contributed by atoms with van der Waals surface area (Å²) in [6, 6.07) is 0.0865. The lowest BCUT2D eigenvalue weighted by molar-refractivity contribution is -0.145. The number of carboxylic acids is 1. The molecule has 1 saturated carbocycles. The van der Waals surface area contributed by atoms with Crippen molar-refractivity contribution < 1.29 is 19.4 Å². The minimum atomic E-state index is -0.948. The maximum absolute atomic E-state index is 12.4. The smallest absolute Gasteiger partial charge is 0.329 e. The van der Waals surface area contributed by atoms with E-state index >= 15 is 0 Å². The standard InChI is InChI=1S/C16H24N4O4S.ClH/c21-13(22)9-24-12-3-1-11(2-4-12)18-14(23)16-20-19-15(25-16)10-5-7-17-8-6-10;/h10-12,17H,1-9H2,(H,18,23)(H,21,22);1H. The number of piperidine rings is 1. The van der Waals surface area contributed by atoms with Crippen molar-refractivity contribution in [1.82, 2.24) is 20.8 Å². The Bertz CT molecular complexity index is 601. The monoisotopic (exact) mass is 404 g/mol. The molecule has 0 aromatic carbocycles. The van der Waals surface area contributed by atoms with Gasteiger partial charge in [-0.2, -0.15) is 0 Å². The van der Waals surface area contributed by atoms with Crippen LogP contribution in [0.3, 0.4) is 0 Å². The van der Waals surface area contributed by atoms with E-state index in [-0.39, 0.29) is 37.1 Å². The van der Waals surface area contributed by atoms with E-state index in [4.69, 9.17) is 9.84 Å². The van der Waals surface area contributed by atoms with Gasteiger partial charge in [0.1, 0.15) is 11.6 Å². The first-order chi connectivity index (χ1) is 12.1. The lowest BCUT2D eigenvalue weighted by Gasteiger charge is -2.28. The van der Waals surface area contributed by atoms with Gasteiger partial charge in [-0.05, 0) is 51.6 Å². The Morgan fingerprint density at radius 1 is 1.15 bits per heavy atom. The van der Waals surface area contributed by atoms with E-state index < -0.39 is 5.97 Å². The maximum Gasteiger partial charge on any atom is 0.329 e. The summed E-state index contributed by atoms with van der Waals surface area (Å²) in [7, 11) is 0. The van der Waals surface area contributed by atoms with Crippen LogP contribution < -0.4 is 10.6 Å². The third-order valence-electron chi connectivity index (χ3n) is 4.78. The summed E-state index contributed by atoms with van der Waals surface area (Å²) in [5, 5.41) is 24.6. The van der Waals surface area contributed by atoms with E-state index in [1.165, 1.54) is 11.3 Å². The highest BCUT2D eigenvalue weighted by molar-refractivity contribution is 7.13. The molecule has 0 unspecified atom stereocenters. The van der Waals surface area contributed by atoms with Crippen LogP contribution >= 0.6 is 23.7 Å². The zero-order valence-corrected chi connectivity index (χ0v) is 16.1. The third-order valence-corrected chi connectivity index (χ3v) is 5.86. The van der Waals surface area contributed by atoms with Crippen molar-refractivity contribution in [3.8, 4) is 0 Å². The molecule has 3 rings (SSSR count). The summed E-state index contributed by atoms with van der Waals surface area (Å²) in [5.41, 5.74) is 0. The second kappa shape index (κ2) is 10.1. The fraction of sp³-hybridized carbons (Fsp3) is 0.750. The Balaban J connectivity index is 0.00000243. The van der Waals surface area contributed by atoms with Crippen molar-refractivity contribution in [1.29, 1.82) is 0 Å². The van der Waals surface area contributed by atoms with Crippen molar-refractivity contribution in [3.05, 3.63) is 10.0 Å². The minimum Gasteiger partial charge on any atom is -0.480 e. The van der Waals surface area contributed by atoms with Crippen molar-refractivity contribution >= 4 is 35.6 Å². The number of nitrogens with one attached hydrogen (secondary N) is 2. The zero-order valence-electron chi connectivity index (χ0n) is 14.5. The van der Waals surface area contributed by atoms with Gasteiger partial charge in [-0.1, -0.05) is 11.3 Å². The molecule has 1 aromatic heterocycles. The predicted octanol–water partition coefficient (Wildman–Crippen LogP) is 1.57. The van der Waals surface area contributed by atoms with E-state index in [1.54, 1.807) is 0 Å². The van der Waals surface area contributed by atoms with Crippen molar-refractivity contribution in [2.45, 2.75) is 56.6 Å². The van der Waals surface area contributed by atoms with Crippen LogP contribution in [0.1, 0.15) is 59.3 Å². The highest BCUT2D eigenvalue weighted by Crippen LogP contribution is 2.28. The Morgan fingerprint density at radius 2 is 1.85 bits per heavy atom. The van der Waals surface area contributed by atoms with Crippen LogP contribution in [0.4, 0.5) is 0 Å². The van der Waals surface area contributed by atoms with Gasteiger partial charge in [-0.25, -0.2) is 4.79 Å². The van der Waals surface area contributed by atoms with E-state index in [0.29, 0.717) is 10.9 Å². The average Bonchev–Trinajstić information content (AvgIpc) is 3.12. The number of nitrogens with zero attached hydrogens (tertiary/aromatic N) is 2. The molecule has 1 aromatic rings. The summed E-state index contributed by atoms with van der Waals surface area (Å²) in [4.78, 5) is 22.9. The fourth-order valence-electron chi connectivity index (χ4n) is 3.37. The molecule has 0 spiro atoms. The number of hydrogen-bond acceptors (Lipinski definition) is 7. The van der Waals surface area contributed by atoms with E-state index in [0.717, 1.165) is 56.6 Å². The normalized spacial score (nSPS) is 23.8. The van der Waals surface area contributed by atoms with Gasteiger partial charge in [0.05, 0.1) is 6.10 Å². The van der Waals surface area contributed by atoms with Crippen LogP contribution in [0.5, 0.6) is 0 Å². The van der Waals surface area contributed by atoms with Gasteiger partial charge in [-0.3, -0.25) is 4.79 Å². The van der Waals surface area contributed by atoms with Crippen LogP contribution in [-0.4, -0.2) is 59.0 Å². The van der Waals surface area contributed by atoms with Gasteiger partial charge in [0.2, 0.25) is 5.01 Å². The third kappa shape index (κ3) is 5.87. The van der Waals surface area contributed by atoms with Crippen molar-refractivity contribution in [3.63, 3.8) is 0 Å². The first kappa shape index (κ1) is 21.0. The number of aromatic nitrogens is 2. The Kier molecular flexibility index (Phi) is 8.20. The molecule has 1 saturated heterocycles. The molecule has 10 heteroatoms. The molecule has 146 valence electrons. The average molecular weight is 405 g/mol. The van der Waals surface area contributed by atoms with Gasteiger partial charge >= 0.3 is 5.97 Å². The van der Waals surface area contributed by atoms with Crippen LogP contribution in [0, 0.1) is 0 Å². The minimum absolute atomic E-state index is 0. The lowest BCUT2D eigenvalue weighted by Crippen LogP contribution is -2.39. The number of rotatable bonds is 6. The van der Waals surface area contributed by atoms with Crippen LogP contribution in [0.25, 0.3) is 0 Å². The molecule has 8 nitrogen and oxygen atoms in total. The number of ether oxygens (including phenoxy) is 1. The molecular formula is C16H25ClN4O4S. The molecule has 0 atom stereocenters. The Hall–Kier alpha value is -1.29. The van der Waals surface area contributed by atoms with Gasteiger partial charge < -0.3 is 20.5 Å². The summed E-state index contributed by atoms with van der Waals surface area (Å²) >= 11 is 1.40. The molecular weight excluding hydrogens is 380 g/mol. The number of carbonyl (C=O) groups excluding carboxylic acids is 1. The quantitative estimate of drug-likeness (QED) is 0.659. The SMILES string of the molecule is Cl.O=C(O)COC1CCC(NC(=O)c2nnc(C3CCNCC3)s2)CC1. The second-order valence-corrected chi connectivity index (χ2v) is 7.63. The van der Waals surface area contributed by atoms with Crippen molar-refractivity contribution in [2.24, 2.45) is 0 Å². The first-order valence-corrected chi connectivity index (χ1v) is 9.62. The fourth-order valence-corrected chi connectivity index (χ4v) is 4.29. The van der Waals surface area contributed by atoms with Crippen molar-refractivity contribution in [2.75, 3.05) is 19.7 Å². The molecule has 26 heavy (non-hydrogen) atoms. The predicted molar refractivity (Wildman–Crippen MR) is 99.1 cm³/mol. The topological polar surface area (TPSA) is 113 Å². The maximum atomic E-state index is 12.4. The summed E-state index contributed by atoms with van der Waals surface area (Å²) in [6.45, 7) is 1.71. The number of aliphatic carboxylic acids is 1. The summed E-state index contributed by atoms with van der Waals surface area (Å²) in [6.07, 6.45) is 5.14. The van der Waals surface area contributed by atoms with E-state index in [9.17, 15) is 9.59 Å². The van der Waals surface area contributed by atoms with E-state index in [1.807, 2.05) is 0 Å². The second-order valence-electron chi connectivity index (χ2n) is 6.62. The van der Waals surface area contributed by atoms with Gasteiger partial charge in [0, 0.05) is 12.0 Å². The van der Waals surface area contributed by atoms with Gasteiger partial charge in [0.15, 0.2) is 0 Å². The molecule has 1 aliphatic carbocycles. The highest BCUT2D eigenvalue weighted by Gasteiger charge is 2.26. The molecule has 2 fully saturated rings.